The molecule has 0 saturated heterocycles. The molecule has 2 aromatic rings. The second-order valence-electron chi connectivity index (χ2n) is 3.98. The molecule has 16 heavy (non-hydrogen) atoms. The van der Waals surface area contributed by atoms with Crippen LogP contribution in [-0.4, -0.2) is 17.9 Å². The van der Waals surface area contributed by atoms with Gasteiger partial charge in [-0.2, -0.15) is 0 Å². The standard InChI is InChI=1S/C13H11NO2/c1-14-8-9-4-2-5-10(12(9)13(14)15)11-6-3-7-16-11/h2-7H,8H2,1H3. The number of rotatable bonds is 1. The molecule has 80 valence electrons. The largest absolute Gasteiger partial charge is 0.464 e. The molecular weight excluding hydrogens is 202 g/mol. The van der Waals surface area contributed by atoms with Gasteiger partial charge in [0.2, 0.25) is 0 Å². The first-order valence-electron chi connectivity index (χ1n) is 5.18. The quantitative estimate of drug-likeness (QED) is 0.729. The Kier molecular flexibility index (Phi) is 1.86. The van der Waals surface area contributed by atoms with E-state index in [0.29, 0.717) is 6.54 Å². The van der Waals surface area contributed by atoms with Crippen LogP contribution in [0.3, 0.4) is 0 Å². The predicted molar refractivity (Wildman–Crippen MR) is 59.9 cm³/mol. The van der Waals surface area contributed by atoms with Gasteiger partial charge in [-0.15, -0.1) is 0 Å². The van der Waals surface area contributed by atoms with Crippen molar-refractivity contribution < 1.29 is 9.21 Å². The molecule has 0 spiro atoms. The lowest BCUT2D eigenvalue weighted by atomic mass is 10.0. The van der Waals surface area contributed by atoms with Crippen LogP contribution in [0.1, 0.15) is 15.9 Å². The molecule has 1 aliphatic heterocycles. The number of amides is 1. The van der Waals surface area contributed by atoms with Crippen LogP contribution >= 0.6 is 0 Å². The molecule has 0 N–H and O–H groups in total. The zero-order valence-corrected chi connectivity index (χ0v) is 8.93. The highest BCUT2D eigenvalue weighted by Crippen LogP contribution is 2.31. The van der Waals surface area contributed by atoms with Crippen molar-refractivity contribution in [3.63, 3.8) is 0 Å². The summed E-state index contributed by atoms with van der Waals surface area (Å²) in [5.41, 5.74) is 2.73. The van der Waals surface area contributed by atoms with Crippen LogP contribution in [-0.2, 0) is 6.54 Å². The van der Waals surface area contributed by atoms with Gasteiger partial charge in [-0.25, -0.2) is 0 Å². The summed E-state index contributed by atoms with van der Waals surface area (Å²) < 4.78 is 5.36. The van der Waals surface area contributed by atoms with Crippen molar-refractivity contribution in [2.75, 3.05) is 7.05 Å². The number of benzene rings is 1. The van der Waals surface area contributed by atoms with Gasteiger partial charge in [0.15, 0.2) is 0 Å². The maximum atomic E-state index is 12.0. The first-order chi connectivity index (χ1) is 7.77. The molecule has 1 aliphatic rings. The molecule has 0 fully saturated rings. The Morgan fingerprint density at radius 3 is 2.88 bits per heavy atom. The van der Waals surface area contributed by atoms with Crippen LogP contribution in [0.4, 0.5) is 0 Å². The number of carbonyl (C=O) groups excluding carboxylic acids is 1. The van der Waals surface area contributed by atoms with E-state index >= 15 is 0 Å². The van der Waals surface area contributed by atoms with Gasteiger partial charge in [-0.05, 0) is 17.7 Å². The third kappa shape index (κ3) is 1.18. The van der Waals surface area contributed by atoms with Crippen LogP contribution in [0.15, 0.2) is 41.0 Å². The third-order valence-electron chi connectivity index (χ3n) is 2.91. The molecule has 0 atom stereocenters. The van der Waals surface area contributed by atoms with Crippen LogP contribution in [0.25, 0.3) is 11.3 Å². The summed E-state index contributed by atoms with van der Waals surface area (Å²) in [6, 6.07) is 9.58. The summed E-state index contributed by atoms with van der Waals surface area (Å²) in [6.07, 6.45) is 1.62. The van der Waals surface area contributed by atoms with Crippen molar-refractivity contribution in [1.29, 1.82) is 0 Å². The summed E-state index contributed by atoms with van der Waals surface area (Å²) in [5, 5.41) is 0. The zero-order valence-electron chi connectivity index (χ0n) is 8.93. The van der Waals surface area contributed by atoms with Gasteiger partial charge in [0.25, 0.3) is 5.91 Å². The summed E-state index contributed by atoms with van der Waals surface area (Å²) in [6.45, 7) is 0.683. The van der Waals surface area contributed by atoms with Crippen LogP contribution in [0.5, 0.6) is 0 Å². The van der Waals surface area contributed by atoms with Crippen molar-refractivity contribution in [2.24, 2.45) is 0 Å². The lowest BCUT2D eigenvalue weighted by Crippen LogP contribution is -2.17. The van der Waals surface area contributed by atoms with Crippen molar-refractivity contribution in [2.45, 2.75) is 6.54 Å². The molecule has 0 saturated carbocycles. The van der Waals surface area contributed by atoms with Gasteiger partial charge in [-0.3, -0.25) is 4.79 Å². The SMILES string of the molecule is CN1Cc2cccc(-c3ccco3)c2C1=O. The van der Waals surface area contributed by atoms with E-state index < -0.39 is 0 Å². The van der Waals surface area contributed by atoms with Crippen LogP contribution in [0, 0.1) is 0 Å². The molecule has 1 aromatic heterocycles. The molecule has 3 heteroatoms. The molecule has 0 radical (unpaired) electrons. The first kappa shape index (κ1) is 9.21. The van der Waals surface area contributed by atoms with Crippen LogP contribution in [0.2, 0.25) is 0 Å². The minimum absolute atomic E-state index is 0.0713. The molecule has 2 heterocycles. The van der Waals surface area contributed by atoms with E-state index in [2.05, 4.69) is 0 Å². The summed E-state index contributed by atoms with van der Waals surface area (Å²) >= 11 is 0. The number of hydrogen-bond donors (Lipinski definition) is 0. The van der Waals surface area contributed by atoms with E-state index in [1.54, 1.807) is 11.2 Å². The van der Waals surface area contributed by atoms with Gasteiger partial charge in [-0.1, -0.05) is 18.2 Å². The fourth-order valence-corrected chi connectivity index (χ4v) is 2.14. The maximum absolute atomic E-state index is 12.0. The number of furan rings is 1. The van der Waals surface area contributed by atoms with Gasteiger partial charge in [0, 0.05) is 19.2 Å². The molecule has 3 nitrogen and oxygen atoms in total. The zero-order chi connectivity index (χ0) is 11.1. The molecule has 0 bridgehead atoms. The molecule has 0 unspecified atom stereocenters. The lowest BCUT2D eigenvalue weighted by molar-refractivity contribution is 0.0817. The normalized spacial score (nSPS) is 14.3. The van der Waals surface area contributed by atoms with Crippen molar-refractivity contribution in [1.82, 2.24) is 4.90 Å². The highest BCUT2D eigenvalue weighted by molar-refractivity contribution is 6.03. The minimum atomic E-state index is 0.0713. The monoisotopic (exact) mass is 213 g/mol. The lowest BCUT2D eigenvalue weighted by Gasteiger charge is -2.06. The van der Waals surface area contributed by atoms with E-state index in [9.17, 15) is 4.79 Å². The molecular formula is C13H11NO2. The summed E-state index contributed by atoms with van der Waals surface area (Å²) in [5.74, 6) is 0.822. The Morgan fingerprint density at radius 1 is 1.25 bits per heavy atom. The second kappa shape index (κ2) is 3.23. The van der Waals surface area contributed by atoms with Crippen molar-refractivity contribution in [3.05, 3.63) is 47.7 Å². The van der Waals surface area contributed by atoms with Crippen molar-refractivity contribution in [3.8, 4) is 11.3 Å². The van der Waals surface area contributed by atoms with Gasteiger partial charge < -0.3 is 9.32 Å². The average molecular weight is 213 g/mol. The Bertz CT molecular complexity index is 543. The number of hydrogen-bond acceptors (Lipinski definition) is 2. The third-order valence-corrected chi connectivity index (χ3v) is 2.91. The van der Waals surface area contributed by atoms with Gasteiger partial charge in [0.05, 0.1) is 11.8 Å². The first-order valence-corrected chi connectivity index (χ1v) is 5.18. The smallest absolute Gasteiger partial charge is 0.254 e. The summed E-state index contributed by atoms with van der Waals surface area (Å²) in [7, 11) is 1.81. The highest BCUT2D eigenvalue weighted by atomic mass is 16.3. The Morgan fingerprint density at radius 2 is 2.12 bits per heavy atom. The Balaban J connectivity index is 2.23. The summed E-state index contributed by atoms with van der Waals surface area (Å²) in [4.78, 5) is 13.7. The number of nitrogens with zero attached hydrogens (tertiary/aromatic N) is 1. The van der Waals surface area contributed by atoms with E-state index in [0.717, 1.165) is 22.5 Å². The fourth-order valence-electron chi connectivity index (χ4n) is 2.14. The molecule has 1 aromatic carbocycles. The van der Waals surface area contributed by atoms with E-state index in [1.807, 2.05) is 37.4 Å². The van der Waals surface area contributed by atoms with Gasteiger partial charge >= 0.3 is 0 Å². The maximum Gasteiger partial charge on any atom is 0.254 e. The number of carbonyl (C=O) groups is 1. The highest BCUT2D eigenvalue weighted by Gasteiger charge is 2.28. The topological polar surface area (TPSA) is 33.5 Å². The molecule has 0 aliphatic carbocycles. The minimum Gasteiger partial charge on any atom is -0.464 e. The molecule has 3 rings (SSSR count). The molecule has 1 amide bonds. The van der Waals surface area contributed by atoms with E-state index in [-0.39, 0.29) is 5.91 Å². The Labute approximate surface area is 93.3 Å². The van der Waals surface area contributed by atoms with E-state index in [1.165, 1.54) is 0 Å². The average Bonchev–Trinajstić information content (AvgIpc) is 2.88. The Hall–Kier alpha value is -2.03. The second-order valence-corrected chi connectivity index (χ2v) is 3.98. The van der Waals surface area contributed by atoms with Crippen molar-refractivity contribution >= 4 is 5.91 Å². The van der Waals surface area contributed by atoms with E-state index in [4.69, 9.17) is 4.42 Å². The predicted octanol–water partition coefficient (Wildman–Crippen LogP) is 2.53. The van der Waals surface area contributed by atoms with Gasteiger partial charge in [0.1, 0.15) is 5.76 Å². The fraction of sp³-hybridized carbons (Fsp3) is 0.154. The van der Waals surface area contributed by atoms with Crippen LogP contribution < -0.4 is 0 Å². The number of fused-ring (bicyclic) bond motifs is 1.